The number of nitrogens with one attached hydrogen (secondary N) is 1. The number of fused-ring (bicyclic) bond motifs is 1. The minimum absolute atomic E-state index is 0.212. The van der Waals surface area contributed by atoms with Gasteiger partial charge in [0.1, 0.15) is 11.4 Å². The van der Waals surface area contributed by atoms with E-state index in [-0.39, 0.29) is 5.91 Å². The monoisotopic (exact) mass is 397 g/mol. The largest absolute Gasteiger partial charge is 0.497 e. The Balaban J connectivity index is 1.65. The van der Waals surface area contributed by atoms with Crippen molar-refractivity contribution in [1.29, 1.82) is 0 Å². The molecule has 0 fully saturated rings. The molecule has 0 unspecified atom stereocenters. The molecule has 0 saturated carbocycles. The van der Waals surface area contributed by atoms with Gasteiger partial charge in [-0.3, -0.25) is 9.20 Å². The molecule has 0 bridgehead atoms. The number of hydrogen-bond donors (Lipinski definition) is 1. The van der Waals surface area contributed by atoms with E-state index in [0.717, 1.165) is 27.5 Å². The van der Waals surface area contributed by atoms with Crippen LogP contribution < -0.4 is 10.1 Å². The van der Waals surface area contributed by atoms with E-state index in [0.29, 0.717) is 16.4 Å². The van der Waals surface area contributed by atoms with E-state index < -0.39 is 0 Å². The number of amides is 1. The predicted molar refractivity (Wildman–Crippen MR) is 109 cm³/mol. The Morgan fingerprint density at radius 1 is 1.26 bits per heavy atom. The van der Waals surface area contributed by atoms with Gasteiger partial charge in [-0.1, -0.05) is 29.8 Å². The molecule has 4 rings (SSSR count). The van der Waals surface area contributed by atoms with Crippen molar-refractivity contribution in [3.8, 4) is 17.0 Å². The molecular weight excluding hydrogens is 382 g/mol. The Hall–Kier alpha value is -2.83. The van der Waals surface area contributed by atoms with E-state index in [1.807, 2.05) is 49.5 Å². The number of carbonyl (C=O) groups excluding carboxylic acids is 1. The number of rotatable bonds is 4. The second-order valence-corrected chi connectivity index (χ2v) is 7.29. The van der Waals surface area contributed by atoms with Crippen molar-refractivity contribution in [3.63, 3.8) is 0 Å². The number of anilines is 1. The summed E-state index contributed by atoms with van der Waals surface area (Å²) in [6.07, 6.45) is 1.86. The highest BCUT2D eigenvalue weighted by Crippen LogP contribution is 2.27. The standard InChI is InChI=1S/C20H16ClN3O2S/c1-12-6-7-14(9-16(12)21)22-19(25)18-11-27-20-23-17(10-24(18)20)13-4-3-5-15(8-13)26-2/h3-11H,1-2H3,(H,22,25). The molecule has 136 valence electrons. The molecule has 7 heteroatoms. The van der Waals surface area contributed by atoms with Crippen molar-refractivity contribution in [3.05, 3.63) is 70.3 Å². The summed E-state index contributed by atoms with van der Waals surface area (Å²) in [4.78, 5) is 18.1. The molecule has 0 aliphatic rings. The normalized spacial score (nSPS) is 10.9. The number of imidazole rings is 1. The van der Waals surface area contributed by atoms with E-state index in [1.165, 1.54) is 11.3 Å². The lowest BCUT2D eigenvalue weighted by Gasteiger charge is -2.06. The van der Waals surface area contributed by atoms with Crippen LogP contribution in [0.25, 0.3) is 16.2 Å². The Kier molecular flexibility index (Phi) is 4.59. The number of thiazole rings is 1. The van der Waals surface area contributed by atoms with Gasteiger partial charge in [0.05, 0.1) is 12.8 Å². The summed E-state index contributed by atoms with van der Waals surface area (Å²) < 4.78 is 7.07. The number of carbonyl (C=O) groups is 1. The molecule has 2 aromatic heterocycles. The molecule has 1 N–H and O–H groups in total. The molecule has 5 nitrogen and oxygen atoms in total. The third-order valence-corrected chi connectivity index (χ3v) is 5.48. The van der Waals surface area contributed by atoms with Crippen LogP contribution in [0.3, 0.4) is 0 Å². The number of nitrogens with zero attached hydrogens (tertiary/aromatic N) is 2. The second kappa shape index (κ2) is 7.06. The van der Waals surface area contributed by atoms with Gasteiger partial charge < -0.3 is 10.1 Å². The minimum Gasteiger partial charge on any atom is -0.497 e. The lowest BCUT2D eigenvalue weighted by atomic mass is 10.1. The van der Waals surface area contributed by atoms with Crippen molar-refractivity contribution in [2.24, 2.45) is 0 Å². The van der Waals surface area contributed by atoms with Crippen molar-refractivity contribution in [2.45, 2.75) is 6.92 Å². The maximum atomic E-state index is 12.7. The molecule has 1 amide bonds. The van der Waals surface area contributed by atoms with E-state index in [4.69, 9.17) is 16.3 Å². The smallest absolute Gasteiger partial charge is 0.273 e. The van der Waals surface area contributed by atoms with Gasteiger partial charge in [0.15, 0.2) is 4.96 Å². The zero-order valence-electron chi connectivity index (χ0n) is 14.7. The van der Waals surface area contributed by atoms with Gasteiger partial charge in [0, 0.05) is 27.9 Å². The van der Waals surface area contributed by atoms with Crippen LogP contribution in [0.2, 0.25) is 5.02 Å². The maximum absolute atomic E-state index is 12.7. The lowest BCUT2D eigenvalue weighted by Crippen LogP contribution is -2.13. The molecule has 0 atom stereocenters. The van der Waals surface area contributed by atoms with Crippen LogP contribution in [-0.2, 0) is 0 Å². The summed E-state index contributed by atoms with van der Waals surface area (Å²) in [6.45, 7) is 1.92. The minimum atomic E-state index is -0.212. The Morgan fingerprint density at radius 2 is 2.11 bits per heavy atom. The highest BCUT2D eigenvalue weighted by molar-refractivity contribution is 7.15. The zero-order valence-corrected chi connectivity index (χ0v) is 16.3. The van der Waals surface area contributed by atoms with Crippen molar-refractivity contribution in [1.82, 2.24) is 9.38 Å². The molecule has 0 saturated heterocycles. The molecule has 0 radical (unpaired) electrons. The van der Waals surface area contributed by atoms with E-state index in [2.05, 4.69) is 10.3 Å². The molecule has 27 heavy (non-hydrogen) atoms. The van der Waals surface area contributed by atoms with Gasteiger partial charge in [-0.05, 0) is 36.8 Å². The number of methoxy groups -OCH3 is 1. The van der Waals surface area contributed by atoms with Crippen LogP contribution in [0, 0.1) is 6.92 Å². The average Bonchev–Trinajstić information content (AvgIpc) is 3.25. The van der Waals surface area contributed by atoms with Crippen LogP contribution in [0.5, 0.6) is 5.75 Å². The first kappa shape index (κ1) is 17.6. The molecule has 2 aromatic carbocycles. The third-order valence-electron chi connectivity index (χ3n) is 4.24. The Labute approximate surface area is 165 Å². The summed E-state index contributed by atoms with van der Waals surface area (Å²) in [5.74, 6) is 0.550. The summed E-state index contributed by atoms with van der Waals surface area (Å²) in [7, 11) is 1.63. The van der Waals surface area contributed by atoms with Gasteiger partial charge in [-0.2, -0.15) is 0 Å². The molecule has 2 heterocycles. The first-order chi connectivity index (χ1) is 13.0. The van der Waals surface area contributed by atoms with Gasteiger partial charge in [0.25, 0.3) is 5.91 Å². The quantitative estimate of drug-likeness (QED) is 0.509. The predicted octanol–water partition coefficient (Wildman–Crippen LogP) is 5.29. The Bertz CT molecular complexity index is 1150. The maximum Gasteiger partial charge on any atom is 0.273 e. The van der Waals surface area contributed by atoms with E-state index in [9.17, 15) is 4.79 Å². The molecule has 4 aromatic rings. The van der Waals surface area contributed by atoms with Crippen LogP contribution >= 0.6 is 22.9 Å². The van der Waals surface area contributed by atoms with Crippen LogP contribution in [0.4, 0.5) is 5.69 Å². The highest BCUT2D eigenvalue weighted by atomic mass is 35.5. The van der Waals surface area contributed by atoms with E-state index >= 15 is 0 Å². The van der Waals surface area contributed by atoms with Gasteiger partial charge >= 0.3 is 0 Å². The number of halogens is 1. The first-order valence-electron chi connectivity index (χ1n) is 8.23. The fraction of sp³-hybridized carbons (Fsp3) is 0.100. The second-order valence-electron chi connectivity index (χ2n) is 6.05. The van der Waals surface area contributed by atoms with Crippen molar-refractivity contribution in [2.75, 3.05) is 12.4 Å². The summed E-state index contributed by atoms with van der Waals surface area (Å²) in [6, 6.07) is 13.1. The number of benzene rings is 2. The number of aromatic nitrogens is 2. The van der Waals surface area contributed by atoms with E-state index in [1.54, 1.807) is 23.0 Å². The highest BCUT2D eigenvalue weighted by Gasteiger charge is 2.16. The summed E-state index contributed by atoms with van der Waals surface area (Å²) >= 11 is 7.56. The van der Waals surface area contributed by atoms with Crippen LogP contribution in [0.15, 0.2) is 54.0 Å². The van der Waals surface area contributed by atoms with Crippen LogP contribution in [0.1, 0.15) is 16.1 Å². The van der Waals surface area contributed by atoms with Gasteiger partial charge in [0.2, 0.25) is 0 Å². The third kappa shape index (κ3) is 3.41. The fourth-order valence-electron chi connectivity index (χ4n) is 2.73. The SMILES string of the molecule is COc1cccc(-c2cn3c(C(=O)Nc4ccc(C)c(Cl)c4)csc3n2)c1. The first-order valence-corrected chi connectivity index (χ1v) is 9.49. The van der Waals surface area contributed by atoms with Gasteiger partial charge in [-0.25, -0.2) is 4.98 Å². The molecule has 0 spiro atoms. The summed E-state index contributed by atoms with van der Waals surface area (Å²) in [5.41, 5.74) is 3.86. The van der Waals surface area contributed by atoms with Crippen molar-refractivity contribution < 1.29 is 9.53 Å². The molecule has 0 aliphatic heterocycles. The zero-order chi connectivity index (χ0) is 19.0. The summed E-state index contributed by atoms with van der Waals surface area (Å²) in [5, 5.41) is 5.30. The molecular formula is C20H16ClN3O2S. The fourth-order valence-corrected chi connectivity index (χ4v) is 3.77. The Morgan fingerprint density at radius 3 is 2.89 bits per heavy atom. The number of aryl methyl sites for hydroxylation is 1. The van der Waals surface area contributed by atoms with Crippen LogP contribution in [-0.4, -0.2) is 22.4 Å². The van der Waals surface area contributed by atoms with Gasteiger partial charge in [-0.15, -0.1) is 11.3 Å². The topological polar surface area (TPSA) is 55.6 Å². The van der Waals surface area contributed by atoms with Crippen molar-refractivity contribution >= 4 is 39.5 Å². The number of hydrogen-bond acceptors (Lipinski definition) is 4. The molecule has 0 aliphatic carbocycles. The lowest BCUT2D eigenvalue weighted by molar-refractivity contribution is 0.102. The average molecular weight is 398 g/mol. The number of ether oxygens (including phenoxy) is 1.